The number of hydrogen-bond donors (Lipinski definition) is 8. The Balaban J connectivity index is 0.000000261. The van der Waals surface area contributed by atoms with Gasteiger partial charge in [-0.2, -0.15) is 51.8 Å². The summed E-state index contributed by atoms with van der Waals surface area (Å²) >= 11 is 0. The highest BCUT2D eigenvalue weighted by Gasteiger charge is 2.27. The number of nitrogens with zero attached hydrogens (tertiary/aromatic N) is 13. The number of nitrogens with two attached hydrogens (primary N) is 5. The first kappa shape index (κ1) is 48.6. The molecular formula is C39H56N20O. The summed E-state index contributed by atoms with van der Waals surface area (Å²) in [6.45, 7) is 11.6. The van der Waals surface area contributed by atoms with Crippen LogP contribution in [-0.4, -0.2) is 54.8 Å². The molecule has 6 rings (SSSR count). The molecule has 1 aliphatic carbocycles. The van der Waals surface area contributed by atoms with Gasteiger partial charge in [0.05, 0.1) is 30.4 Å². The van der Waals surface area contributed by atoms with Crippen LogP contribution < -0.4 is 28.7 Å². The van der Waals surface area contributed by atoms with Gasteiger partial charge in [-0.1, -0.05) is 47.0 Å². The Labute approximate surface area is 350 Å². The topological polar surface area (TPSA) is 380 Å². The Morgan fingerprint density at radius 2 is 1.15 bits per heavy atom. The first-order chi connectivity index (χ1) is 28.6. The third-order valence-electron chi connectivity index (χ3n) is 9.55. The van der Waals surface area contributed by atoms with E-state index in [1.807, 2.05) is 24.3 Å². The molecule has 1 fully saturated rings. The smallest absolute Gasteiger partial charge is 0.139 e. The second-order valence-electron chi connectivity index (χ2n) is 14.3. The van der Waals surface area contributed by atoms with Crippen LogP contribution in [0, 0.1) is 68.5 Å². The van der Waals surface area contributed by atoms with E-state index in [-0.39, 0.29) is 11.4 Å². The van der Waals surface area contributed by atoms with Crippen LogP contribution in [0.5, 0.6) is 0 Å². The number of aliphatic hydroxyl groups excluding tert-OH is 1. The maximum absolute atomic E-state index is 9.06. The zero-order valence-electron chi connectivity index (χ0n) is 35.1. The Morgan fingerprint density at radius 3 is 1.52 bits per heavy atom. The standard InChI is InChI=1S/C11H16N4.C9H14N4.C8H12N4.C6H8N4O.C5H6N4/c1-7(8-4-2-3-5-8)10-9(6-12)11(13)15-14-10;1-7(2)3-4-13-9(11)8(5-10)6-12-13;1-2-3-4-12-8(10)7(5-9)6-11-12;1-3(11)5-4(2-7)6(8)10-9-5;1-9-5(7)4(2-6)3-8-9/h7-8H,2-5H2,1H3,(H3,13,14,15);6-7H,3-4,11H2,1-2H3;6H,2-4,10H2,1H3;3,11H,1H3,(H3,8,9,10);3H,7H2,1H3. The molecule has 5 aromatic rings. The van der Waals surface area contributed by atoms with Crippen LogP contribution in [0.25, 0.3) is 0 Å². The Morgan fingerprint density at radius 1 is 0.700 bits per heavy atom. The van der Waals surface area contributed by atoms with E-state index >= 15 is 0 Å². The highest BCUT2D eigenvalue weighted by molar-refractivity contribution is 5.53. The number of H-pyrrole nitrogens is 2. The molecule has 1 aliphatic rings. The maximum Gasteiger partial charge on any atom is 0.139 e. The molecule has 0 saturated heterocycles. The minimum Gasteiger partial charge on any atom is -0.387 e. The van der Waals surface area contributed by atoms with Crippen molar-refractivity contribution in [2.45, 2.75) is 105 Å². The molecular weight excluding hydrogens is 765 g/mol. The third kappa shape index (κ3) is 13.5. The number of nitriles is 5. The van der Waals surface area contributed by atoms with E-state index in [9.17, 15) is 0 Å². The van der Waals surface area contributed by atoms with Crippen LogP contribution in [0.15, 0.2) is 18.6 Å². The van der Waals surface area contributed by atoms with E-state index in [2.05, 4.69) is 69.5 Å². The summed E-state index contributed by atoms with van der Waals surface area (Å²) in [7, 11) is 1.69. The average molecular weight is 821 g/mol. The number of aryl methyl sites for hydroxylation is 3. The first-order valence-electron chi connectivity index (χ1n) is 19.4. The van der Waals surface area contributed by atoms with Gasteiger partial charge in [-0.05, 0) is 44.4 Å². The fraction of sp³-hybridized carbons (Fsp3) is 0.487. The highest BCUT2D eigenvalue weighted by atomic mass is 16.3. The van der Waals surface area contributed by atoms with Gasteiger partial charge in [-0.15, -0.1) is 0 Å². The molecule has 2 unspecified atom stereocenters. The molecule has 0 radical (unpaired) electrons. The Bertz CT molecular complexity index is 2300. The van der Waals surface area contributed by atoms with Crippen molar-refractivity contribution in [1.82, 2.24) is 49.7 Å². The number of aromatic amines is 2. The number of nitrogen functional groups attached to an aromatic ring is 5. The normalized spacial score (nSPS) is 12.5. The Hall–Kier alpha value is -7.54. The molecule has 13 N–H and O–H groups in total. The van der Waals surface area contributed by atoms with Crippen LogP contribution in [0.2, 0.25) is 0 Å². The van der Waals surface area contributed by atoms with Crippen molar-refractivity contribution in [2.75, 3.05) is 28.7 Å². The molecule has 0 amide bonds. The summed E-state index contributed by atoms with van der Waals surface area (Å²) in [6.07, 6.45) is 12.0. The lowest BCUT2D eigenvalue weighted by Gasteiger charge is -2.16. The van der Waals surface area contributed by atoms with Crippen molar-refractivity contribution in [3.63, 3.8) is 0 Å². The zero-order valence-corrected chi connectivity index (χ0v) is 35.1. The monoisotopic (exact) mass is 820 g/mol. The van der Waals surface area contributed by atoms with Crippen molar-refractivity contribution in [3.05, 3.63) is 57.8 Å². The van der Waals surface area contributed by atoms with Crippen molar-refractivity contribution >= 4 is 29.1 Å². The first-order valence-corrected chi connectivity index (χ1v) is 19.4. The van der Waals surface area contributed by atoms with Crippen molar-refractivity contribution < 1.29 is 5.11 Å². The minimum absolute atomic E-state index is 0.198. The fourth-order valence-corrected chi connectivity index (χ4v) is 5.83. The molecule has 0 aliphatic heterocycles. The van der Waals surface area contributed by atoms with Crippen LogP contribution in [0.3, 0.4) is 0 Å². The zero-order chi connectivity index (χ0) is 44.9. The van der Waals surface area contributed by atoms with Crippen LogP contribution in [0.1, 0.15) is 131 Å². The quantitative estimate of drug-likeness (QED) is 0.102. The molecule has 21 heteroatoms. The molecule has 5 heterocycles. The summed E-state index contributed by atoms with van der Waals surface area (Å²) < 4.78 is 4.80. The van der Waals surface area contributed by atoms with Crippen LogP contribution in [0.4, 0.5) is 29.1 Å². The van der Waals surface area contributed by atoms with E-state index in [1.54, 1.807) is 16.4 Å². The molecule has 0 bridgehead atoms. The van der Waals surface area contributed by atoms with E-state index in [4.69, 9.17) is 60.1 Å². The third-order valence-corrected chi connectivity index (χ3v) is 9.55. The van der Waals surface area contributed by atoms with Crippen molar-refractivity contribution in [3.8, 4) is 30.3 Å². The number of hydrogen-bond acceptors (Lipinski definition) is 16. The number of aliphatic hydroxyl groups is 1. The number of anilines is 5. The molecule has 0 spiro atoms. The van der Waals surface area contributed by atoms with E-state index in [0.717, 1.165) is 38.0 Å². The molecule has 5 aromatic heterocycles. The lowest BCUT2D eigenvalue weighted by molar-refractivity contribution is 0.194. The minimum atomic E-state index is -0.766. The van der Waals surface area contributed by atoms with Gasteiger partial charge in [0.15, 0.2) is 0 Å². The van der Waals surface area contributed by atoms with Gasteiger partial charge in [0.25, 0.3) is 0 Å². The van der Waals surface area contributed by atoms with Crippen molar-refractivity contribution in [2.24, 2.45) is 18.9 Å². The Kier molecular flexibility index (Phi) is 19.7. The van der Waals surface area contributed by atoms with E-state index < -0.39 is 6.10 Å². The average Bonchev–Trinajstić information content (AvgIpc) is 4.11. The molecule has 21 nitrogen and oxygen atoms in total. The predicted octanol–water partition coefficient (Wildman–Crippen LogP) is 4.47. The lowest BCUT2D eigenvalue weighted by atomic mass is 9.88. The summed E-state index contributed by atoms with van der Waals surface area (Å²) in [5.74, 6) is 3.59. The maximum atomic E-state index is 9.06. The predicted molar refractivity (Wildman–Crippen MR) is 226 cm³/mol. The van der Waals surface area contributed by atoms with Crippen LogP contribution >= 0.6 is 0 Å². The van der Waals surface area contributed by atoms with E-state index in [0.29, 0.717) is 69.0 Å². The largest absolute Gasteiger partial charge is 0.387 e. The van der Waals surface area contributed by atoms with Gasteiger partial charge in [0.2, 0.25) is 0 Å². The van der Waals surface area contributed by atoms with Gasteiger partial charge >= 0.3 is 0 Å². The van der Waals surface area contributed by atoms with Gasteiger partial charge in [0, 0.05) is 26.1 Å². The lowest BCUT2D eigenvalue weighted by Crippen LogP contribution is -2.08. The summed E-state index contributed by atoms with van der Waals surface area (Å²) in [4.78, 5) is 0. The SMILES string of the molecule is CC(C)CCn1ncc(C#N)c1N.CC(O)c1n[nH]c(N)c1C#N.CC(c1n[nH]c(N)c1C#N)C1CCCC1.CCCCn1ncc(C#N)c1N.Cn1ncc(C#N)c1N. The fourth-order valence-electron chi connectivity index (χ4n) is 5.83. The van der Waals surface area contributed by atoms with Gasteiger partial charge < -0.3 is 33.8 Å². The van der Waals surface area contributed by atoms with Gasteiger partial charge in [0.1, 0.15) is 92.9 Å². The van der Waals surface area contributed by atoms with Gasteiger partial charge in [-0.25, -0.2) is 9.36 Å². The number of aromatic nitrogens is 10. The summed E-state index contributed by atoms with van der Waals surface area (Å²) in [5, 5.41) is 76.8. The number of nitrogens with one attached hydrogen (secondary N) is 2. The second kappa shape index (κ2) is 24.3. The second-order valence-corrected chi connectivity index (χ2v) is 14.3. The molecule has 1 saturated carbocycles. The van der Waals surface area contributed by atoms with Crippen molar-refractivity contribution in [1.29, 1.82) is 26.3 Å². The molecule has 0 aromatic carbocycles. The number of rotatable bonds is 9. The summed E-state index contributed by atoms with van der Waals surface area (Å²) in [6, 6.07) is 9.86. The van der Waals surface area contributed by atoms with E-state index in [1.165, 1.54) is 55.9 Å². The highest BCUT2D eigenvalue weighted by Crippen LogP contribution is 2.38. The number of unbranched alkanes of at least 4 members (excludes halogenated alkanes) is 1. The molecule has 2 atom stereocenters. The van der Waals surface area contributed by atoms with Crippen LogP contribution in [-0.2, 0) is 20.1 Å². The van der Waals surface area contributed by atoms with Gasteiger partial charge in [-0.3, -0.25) is 14.9 Å². The summed E-state index contributed by atoms with van der Waals surface area (Å²) in [5.41, 5.74) is 30.9. The molecule has 60 heavy (non-hydrogen) atoms. The molecule has 318 valence electrons.